The van der Waals surface area contributed by atoms with E-state index >= 15 is 0 Å². The number of nitrogens with zero attached hydrogens (tertiary/aromatic N) is 3. The van der Waals surface area contributed by atoms with Gasteiger partial charge in [0, 0.05) is 32.7 Å². The van der Waals surface area contributed by atoms with Crippen LogP contribution in [-0.2, 0) is 10.0 Å². The lowest BCUT2D eigenvalue weighted by molar-refractivity contribution is 0.102. The standard InChI is InChI=1S/C19H24N4O4S/c1-22(2)18-9-7-15(13-20-18)21-19(24)14-6-8-16(27-3)17(12-14)28(25,26)23-10-4-5-11-23/h6-9,12-13H,4-5,10-11H2,1-3H3,(H,21,24). The van der Waals surface area contributed by atoms with Gasteiger partial charge in [-0.15, -0.1) is 0 Å². The third-order valence-corrected chi connectivity index (χ3v) is 6.49. The summed E-state index contributed by atoms with van der Waals surface area (Å²) in [6.07, 6.45) is 3.22. The van der Waals surface area contributed by atoms with E-state index in [1.165, 1.54) is 23.5 Å². The first kappa shape index (κ1) is 20.1. The molecule has 2 aromatic rings. The summed E-state index contributed by atoms with van der Waals surface area (Å²) in [6.45, 7) is 0.956. The molecule has 1 aliphatic rings. The van der Waals surface area contributed by atoms with Crippen molar-refractivity contribution in [3.05, 3.63) is 42.1 Å². The highest BCUT2D eigenvalue weighted by molar-refractivity contribution is 7.89. The lowest BCUT2D eigenvalue weighted by Crippen LogP contribution is -2.28. The monoisotopic (exact) mass is 404 g/mol. The average Bonchev–Trinajstić information content (AvgIpc) is 3.23. The predicted octanol–water partition coefficient (Wildman–Crippen LogP) is 2.19. The second-order valence-corrected chi connectivity index (χ2v) is 8.64. The zero-order valence-electron chi connectivity index (χ0n) is 16.2. The number of aromatic nitrogens is 1. The zero-order valence-corrected chi connectivity index (χ0v) is 17.0. The van der Waals surface area contributed by atoms with Crippen LogP contribution >= 0.6 is 0 Å². The molecule has 0 atom stereocenters. The number of benzene rings is 1. The summed E-state index contributed by atoms with van der Waals surface area (Å²) >= 11 is 0. The number of carbonyl (C=O) groups is 1. The molecule has 0 unspecified atom stereocenters. The van der Waals surface area contributed by atoms with Crippen LogP contribution in [0.1, 0.15) is 23.2 Å². The minimum atomic E-state index is -3.72. The summed E-state index contributed by atoms with van der Waals surface area (Å²) in [6, 6.07) is 7.94. The maximum atomic E-state index is 12.9. The third-order valence-electron chi connectivity index (χ3n) is 4.57. The molecule has 1 N–H and O–H groups in total. The molecule has 0 bridgehead atoms. The summed E-state index contributed by atoms with van der Waals surface area (Å²) < 4.78 is 32.6. The van der Waals surface area contributed by atoms with E-state index in [2.05, 4.69) is 10.3 Å². The summed E-state index contributed by atoms with van der Waals surface area (Å²) in [5.74, 6) is 0.571. The fourth-order valence-electron chi connectivity index (χ4n) is 3.01. The first-order valence-corrected chi connectivity index (χ1v) is 10.4. The largest absolute Gasteiger partial charge is 0.495 e. The normalized spacial score (nSPS) is 14.7. The fraction of sp³-hybridized carbons (Fsp3) is 0.368. The van der Waals surface area contributed by atoms with Gasteiger partial charge in [0.05, 0.1) is 19.0 Å². The van der Waals surface area contributed by atoms with Crippen LogP contribution in [0.3, 0.4) is 0 Å². The number of hydrogen-bond donors (Lipinski definition) is 1. The minimum Gasteiger partial charge on any atom is -0.495 e. The van der Waals surface area contributed by atoms with Crippen LogP contribution < -0.4 is 15.0 Å². The molecule has 28 heavy (non-hydrogen) atoms. The van der Waals surface area contributed by atoms with Gasteiger partial charge in [0.15, 0.2) is 0 Å². The van der Waals surface area contributed by atoms with Crippen LogP contribution in [0.2, 0.25) is 0 Å². The van der Waals surface area contributed by atoms with Crippen LogP contribution in [-0.4, -0.2) is 57.9 Å². The summed E-state index contributed by atoms with van der Waals surface area (Å²) in [5, 5.41) is 2.74. The highest BCUT2D eigenvalue weighted by Gasteiger charge is 2.30. The van der Waals surface area contributed by atoms with Crippen LogP contribution in [0, 0.1) is 0 Å². The van der Waals surface area contributed by atoms with E-state index in [4.69, 9.17) is 4.74 Å². The Labute approximate surface area is 165 Å². The molecule has 1 aromatic heterocycles. The number of amides is 1. The second-order valence-electron chi connectivity index (χ2n) is 6.73. The van der Waals surface area contributed by atoms with Crippen molar-refractivity contribution in [1.82, 2.24) is 9.29 Å². The lowest BCUT2D eigenvalue weighted by atomic mass is 10.2. The molecule has 1 aromatic carbocycles. The Balaban J connectivity index is 1.87. The predicted molar refractivity (Wildman–Crippen MR) is 108 cm³/mol. The Bertz CT molecular complexity index is 952. The van der Waals surface area contributed by atoms with E-state index in [9.17, 15) is 13.2 Å². The maximum absolute atomic E-state index is 12.9. The van der Waals surface area contributed by atoms with E-state index in [-0.39, 0.29) is 16.2 Å². The SMILES string of the molecule is COc1ccc(C(=O)Nc2ccc(N(C)C)nc2)cc1S(=O)(=O)N1CCCC1. The quantitative estimate of drug-likeness (QED) is 0.794. The van der Waals surface area contributed by atoms with Crippen LogP contribution in [0.4, 0.5) is 11.5 Å². The third kappa shape index (κ3) is 4.10. The van der Waals surface area contributed by atoms with E-state index in [1.54, 1.807) is 24.4 Å². The van der Waals surface area contributed by atoms with Crippen molar-refractivity contribution in [1.29, 1.82) is 0 Å². The molecule has 8 nitrogen and oxygen atoms in total. The van der Waals surface area contributed by atoms with Crippen molar-refractivity contribution in [2.24, 2.45) is 0 Å². The molecular weight excluding hydrogens is 380 g/mol. The van der Waals surface area contributed by atoms with E-state index in [0.717, 1.165) is 18.7 Å². The molecular formula is C19H24N4O4S. The Kier molecular flexibility index (Phi) is 5.85. The molecule has 0 aliphatic carbocycles. The number of nitrogens with one attached hydrogen (secondary N) is 1. The number of pyridine rings is 1. The number of ether oxygens (including phenoxy) is 1. The molecule has 1 aliphatic heterocycles. The van der Waals surface area contributed by atoms with E-state index in [1.807, 2.05) is 19.0 Å². The number of anilines is 2. The second kappa shape index (κ2) is 8.15. The van der Waals surface area contributed by atoms with Gasteiger partial charge < -0.3 is 15.0 Å². The summed E-state index contributed by atoms with van der Waals surface area (Å²) in [4.78, 5) is 18.7. The molecule has 3 rings (SSSR count). The molecule has 9 heteroatoms. The number of methoxy groups -OCH3 is 1. The number of carbonyl (C=O) groups excluding carboxylic acids is 1. The van der Waals surface area contributed by atoms with Gasteiger partial charge in [-0.3, -0.25) is 4.79 Å². The first-order chi connectivity index (χ1) is 13.3. The van der Waals surface area contributed by atoms with Crippen LogP contribution in [0.5, 0.6) is 5.75 Å². The number of sulfonamides is 1. The van der Waals surface area contributed by atoms with Gasteiger partial charge >= 0.3 is 0 Å². The smallest absolute Gasteiger partial charge is 0.255 e. The molecule has 0 radical (unpaired) electrons. The van der Waals surface area contributed by atoms with E-state index in [0.29, 0.717) is 18.8 Å². The molecule has 1 amide bonds. The van der Waals surface area contributed by atoms with Gasteiger partial charge in [0.2, 0.25) is 10.0 Å². The Morgan fingerprint density at radius 1 is 1.18 bits per heavy atom. The molecule has 1 saturated heterocycles. The molecule has 2 heterocycles. The van der Waals surface area contributed by atoms with Crippen molar-refractivity contribution < 1.29 is 17.9 Å². The highest BCUT2D eigenvalue weighted by atomic mass is 32.2. The van der Waals surface area contributed by atoms with Gasteiger partial charge in [0.1, 0.15) is 16.5 Å². The number of hydrogen-bond acceptors (Lipinski definition) is 6. The van der Waals surface area contributed by atoms with Crippen molar-refractivity contribution in [3.63, 3.8) is 0 Å². The number of rotatable bonds is 6. The van der Waals surface area contributed by atoms with Gasteiger partial charge in [-0.1, -0.05) is 0 Å². The molecule has 0 spiro atoms. The average molecular weight is 404 g/mol. The maximum Gasteiger partial charge on any atom is 0.255 e. The van der Waals surface area contributed by atoms with Crippen molar-refractivity contribution >= 4 is 27.4 Å². The van der Waals surface area contributed by atoms with Crippen LogP contribution in [0.15, 0.2) is 41.4 Å². The van der Waals surface area contributed by atoms with E-state index < -0.39 is 15.9 Å². The van der Waals surface area contributed by atoms with Crippen molar-refractivity contribution in [2.75, 3.05) is 44.5 Å². The summed E-state index contributed by atoms with van der Waals surface area (Å²) in [7, 11) is 1.45. The Morgan fingerprint density at radius 2 is 1.89 bits per heavy atom. The topological polar surface area (TPSA) is 91.8 Å². The molecule has 1 fully saturated rings. The molecule has 0 saturated carbocycles. The van der Waals surface area contributed by atoms with Crippen molar-refractivity contribution in [2.45, 2.75) is 17.7 Å². The van der Waals surface area contributed by atoms with Gasteiger partial charge in [-0.2, -0.15) is 4.31 Å². The lowest BCUT2D eigenvalue weighted by Gasteiger charge is -2.18. The van der Waals surface area contributed by atoms with Crippen LogP contribution in [0.25, 0.3) is 0 Å². The first-order valence-electron chi connectivity index (χ1n) is 8.96. The minimum absolute atomic E-state index is 0.00521. The van der Waals surface area contributed by atoms with Gasteiger partial charge in [-0.05, 0) is 43.2 Å². The van der Waals surface area contributed by atoms with Crippen molar-refractivity contribution in [3.8, 4) is 5.75 Å². The molecule has 150 valence electrons. The fourth-order valence-corrected chi connectivity index (χ4v) is 4.71. The Morgan fingerprint density at radius 3 is 2.46 bits per heavy atom. The van der Waals surface area contributed by atoms with Gasteiger partial charge in [-0.25, -0.2) is 13.4 Å². The summed E-state index contributed by atoms with van der Waals surface area (Å²) in [5.41, 5.74) is 0.755. The zero-order chi connectivity index (χ0) is 20.3. The van der Waals surface area contributed by atoms with Gasteiger partial charge in [0.25, 0.3) is 5.91 Å². The highest BCUT2D eigenvalue weighted by Crippen LogP contribution is 2.30. The Hall–Kier alpha value is -2.65.